The molecule has 11 nitrogen and oxygen atoms in total. The average molecular weight is 524 g/mol. The van der Waals surface area contributed by atoms with E-state index in [9.17, 15) is 19.2 Å². The van der Waals surface area contributed by atoms with Gasteiger partial charge in [0.2, 0.25) is 5.91 Å². The van der Waals surface area contributed by atoms with E-state index in [1.807, 2.05) is 0 Å². The van der Waals surface area contributed by atoms with E-state index in [2.05, 4.69) is 22.8 Å². The second-order valence-corrected chi connectivity index (χ2v) is 8.74. The molecule has 2 rings (SSSR count). The summed E-state index contributed by atoms with van der Waals surface area (Å²) in [7, 11) is 0. The highest BCUT2D eigenvalue weighted by Gasteiger charge is 2.23. The third-order valence-corrected chi connectivity index (χ3v) is 5.72. The van der Waals surface area contributed by atoms with Crippen molar-refractivity contribution in [3.05, 3.63) is 24.3 Å². The molecule has 4 amide bonds. The lowest BCUT2D eigenvalue weighted by Crippen LogP contribution is -2.35. The number of hydrogen-bond acceptors (Lipinski definition) is 8. The largest absolute Gasteiger partial charge is 0.446 e. The van der Waals surface area contributed by atoms with Crippen molar-refractivity contribution in [3.8, 4) is 0 Å². The third-order valence-electron chi connectivity index (χ3n) is 5.72. The van der Waals surface area contributed by atoms with Crippen LogP contribution in [0.15, 0.2) is 24.3 Å². The van der Waals surface area contributed by atoms with Crippen molar-refractivity contribution in [1.82, 2.24) is 15.5 Å². The number of imide groups is 1. The van der Waals surface area contributed by atoms with Crippen molar-refractivity contribution >= 4 is 23.8 Å². The van der Waals surface area contributed by atoms with E-state index in [1.165, 1.54) is 12.2 Å². The van der Waals surface area contributed by atoms with Crippen LogP contribution in [0.1, 0.15) is 51.4 Å². The molecule has 0 aromatic carbocycles. The first-order valence-electron chi connectivity index (χ1n) is 13.2. The number of allylic oxidation sites excluding steroid dienone is 2. The van der Waals surface area contributed by atoms with E-state index in [0.29, 0.717) is 65.6 Å². The van der Waals surface area contributed by atoms with Gasteiger partial charge in [-0.1, -0.05) is 12.2 Å². The van der Waals surface area contributed by atoms with Gasteiger partial charge in [-0.25, -0.2) is 4.79 Å². The first-order valence-corrected chi connectivity index (χ1v) is 13.2. The van der Waals surface area contributed by atoms with E-state index < -0.39 is 0 Å². The highest BCUT2D eigenvalue weighted by Crippen LogP contribution is 2.15. The minimum absolute atomic E-state index is 0.00104. The molecule has 1 atom stereocenters. The Labute approximate surface area is 218 Å². The fourth-order valence-electron chi connectivity index (χ4n) is 3.70. The van der Waals surface area contributed by atoms with Crippen LogP contribution in [0.4, 0.5) is 4.79 Å². The number of rotatable bonds is 18. The fraction of sp³-hybridized carbons (Fsp3) is 0.692. The maximum atomic E-state index is 11.9. The molecular weight excluding hydrogens is 482 g/mol. The van der Waals surface area contributed by atoms with Crippen LogP contribution in [-0.4, -0.2) is 94.1 Å². The predicted molar refractivity (Wildman–Crippen MR) is 136 cm³/mol. The summed E-state index contributed by atoms with van der Waals surface area (Å²) < 4.78 is 21.9. The van der Waals surface area contributed by atoms with Crippen LogP contribution < -0.4 is 10.6 Å². The highest BCUT2D eigenvalue weighted by molar-refractivity contribution is 6.13. The highest BCUT2D eigenvalue weighted by atomic mass is 16.6. The minimum Gasteiger partial charge on any atom is -0.446 e. The molecule has 0 aromatic rings. The lowest BCUT2D eigenvalue weighted by Gasteiger charge is -2.18. The van der Waals surface area contributed by atoms with E-state index >= 15 is 0 Å². The summed E-state index contributed by atoms with van der Waals surface area (Å²) in [4.78, 5) is 47.5. The van der Waals surface area contributed by atoms with Crippen molar-refractivity contribution in [2.75, 3.05) is 59.3 Å². The van der Waals surface area contributed by atoms with Crippen molar-refractivity contribution in [1.29, 1.82) is 0 Å². The molecule has 208 valence electrons. The summed E-state index contributed by atoms with van der Waals surface area (Å²) in [5.74, 6) is -0.982. The van der Waals surface area contributed by atoms with Gasteiger partial charge in [-0.2, -0.15) is 0 Å². The second-order valence-electron chi connectivity index (χ2n) is 8.74. The van der Waals surface area contributed by atoms with Crippen LogP contribution in [0.25, 0.3) is 0 Å². The summed E-state index contributed by atoms with van der Waals surface area (Å²) >= 11 is 0. The first kappa shape index (κ1) is 30.5. The standard InChI is InChI=1S/C26H41N3O8/c30-23(12-15-29-24(31)10-11-25(29)32)27-13-6-16-34-18-20-36-21-19-35-17-7-14-28-26(33)37-22-8-4-2-1-3-5-9-22/h1-2,10-11,22H,3-9,12-21H2,(H,27,30)(H,28,33)/b2-1+/t22-/m0/s1. The van der Waals surface area contributed by atoms with Crippen LogP contribution >= 0.6 is 0 Å². The number of carbonyl (C=O) groups excluding carboxylic acids is 4. The maximum absolute atomic E-state index is 11.9. The second kappa shape index (κ2) is 19.4. The smallest absolute Gasteiger partial charge is 0.407 e. The van der Waals surface area contributed by atoms with Gasteiger partial charge < -0.3 is 29.6 Å². The van der Waals surface area contributed by atoms with Gasteiger partial charge >= 0.3 is 6.09 Å². The zero-order valence-electron chi connectivity index (χ0n) is 21.6. The van der Waals surface area contributed by atoms with Crippen LogP contribution in [0.3, 0.4) is 0 Å². The first-order chi connectivity index (χ1) is 18.1. The molecule has 0 spiro atoms. The van der Waals surface area contributed by atoms with E-state index in [-0.39, 0.29) is 42.9 Å². The maximum Gasteiger partial charge on any atom is 0.407 e. The SMILES string of the molecule is O=C(CCN1C(=O)C=CC1=O)NCCCOCCOCCOCCCNC(=O)O[C@H]1CC/C=C/CCC1. The number of carbonyl (C=O) groups is 4. The molecule has 1 aliphatic heterocycles. The zero-order valence-corrected chi connectivity index (χ0v) is 21.6. The number of nitrogens with zero attached hydrogens (tertiary/aromatic N) is 1. The fourth-order valence-corrected chi connectivity index (χ4v) is 3.70. The summed E-state index contributed by atoms with van der Waals surface area (Å²) in [6.45, 7) is 3.89. The van der Waals surface area contributed by atoms with Gasteiger partial charge in [0.25, 0.3) is 11.8 Å². The Hall–Kier alpha value is -2.76. The summed E-state index contributed by atoms with van der Waals surface area (Å²) in [5, 5.41) is 5.51. The lowest BCUT2D eigenvalue weighted by atomic mass is 10.0. The molecule has 0 aromatic heterocycles. The molecular formula is C26H41N3O8. The number of amides is 4. The molecule has 37 heavy (non-hydrogen) atoms. The summed E-state index contributed by atoms with van der Waals surface area (Å²) in [6, 6.07) is 0. The predicted octanol–water partition coefficient (Wildman–Crippen LogP) is 1.86. The van der Waals surface area contributed by atoms with Crippen molar-refractivity contribution in [3.63, 3.8) is 0 Å². The monoisotopic (exact) mass is 523 g/mol. The van der Waals surface area contributed by atoms with Crippen molar-refractivity contribution in [2.24, 2.45) is 0 Å². The van der Waals surface area contributed by atoms with E-state index in [0.717, 1.165) is 37.0 Å². The molecule has 1 heterocycles. The molecule has 2 aliphatic rings. The molecule has 11 heteroatoms. The van der Waals surface area contributed by atoms with Crippen LogP contribution in [0.2, 0.25) is 0 Å². The van der Waals surface area contributed by atoms with Gasteiger partial charge in [0.15, 0.2) is 0 Å². The summed E-state index contributed by atoms with van der Waals surface area (Å²) in [6.07, 6.45) is 12.7. The molecule has 0 fully saturated rings. The molecule has 1 aliphatic carbocycles. The lowest BCUT2D eigenvalue weighted by molar-refractivity contribution is -0.137. The molecule has 2 N–H and O–H groups in total. The minimum atomic E-state index is -0.385. The Morgan fingerprint density at radius 2 is 1.41 bits per heavy atom. The molecule has 0 bridgehead atoms. The number of ether oxygens (including phenoxy) is 4. The number of nitrogens with one attached hydrogen (secondary N) is 2. The third kappa shape index (κ3) is 14.5. The van der Waals surface area contributed by atoms with Gasteiger partial charge in [-0.3, -0.25) is 19.3 Å². The quantitative estimate of drug-likeness (QED) is 0.158. The zero-order chi connectivity index (χ0) is 26.6. The Kier molecular flexibility index (Phi) is 15.9. The molecule has 0 saturated heterocycles. The molecule has 0 unspecified atom stereocenters. The topological polar surface area (TPSA) is 132 Å². The Morgan fingerprint density at radius 1 is 0.811 bits per heavy atom. The van der Waals surface area contributed by atoms with Gasteiger partial charge in [-0.05, 0) is 44.9 Å². The number of hydrogen-bond donors (Lipinski definition) is 2. The average Bonchev–Trinajstić information content (AvgIpc) is 3.18. The van der Waals surface area contributed by atoms with Crippen molar-refractivity contribution < 1.29 is 38.1 Å². The Bertz CT molecular complexity index is 753. The van der Waals surface area contributed by atoms with E-state index in [1.54, 1.807) is 0 Å². The molecule has 0 radical (unpaired) electrons. The van der Waals surface area contributed by atoms with Crippen LogP contribution in [0, 0.1) is 0 Å². The van der Waals surface area contributed by atoms with Crippen molar-refractivity contribution in [2.45, 2.75) is 57.5 Å². The van der Waals surface area contributed by atoms with Gasteiger partial charge in [-0.15, -0.1) is 0 Å². The van der Waals surface area contributed by atoms with Crippen LogP contribution in [-0.2, 0) is 33.3 Å². The summed E-state index contributed by atoms with van der Waals surface area (Å²) in [5.41, 5.74) is 0. The van der Waals surface area contributed by atoms with Gasteiger partial charge in [0, 0.05) is 51.4 Å². The van der Waals surface area contributed by atoms with Crippen LogP contribution in [0.5, 0.6) is 0 Å². The molecule has 0 saturated carbocycles. The van der Waals surface area contributed by atoms with E-state index in [4.69, 9.17) is 18.9 Å². The Balaban J connectivity index is 1.28. The van der Waals surface area contributed by atoms with Gasteiger partial charge in [0.1, 0.15) is 6.10 Å². The number of alkyl carbamates (subject to hydrolysis) is 1. The van der Waals surface area contributed by atoms with Gasteiger partial charge in [0.05, 0.1) is 26.4 Å². The Morgan fingerprint density at radius 3 is 2.08 bits per heavy atom. The normalized spacial score (nSPS) is 18.4.